The topological polar surface area (TPSA) is 55.1 Å². The van der Waals surface area contributed by atoms with Gasteiger partial charge < -0.3 is 9.73 Å². The molecule has 3 aromatic carbocycles. The van der Waals surface area contributed by atoms with Crippen molar-refractivity contribution >= 4 is 61.8 Å². The van der Waals surface area contributed by atoms with E-state index in [0.717, 1.165) is 10.0 Å². The van der Waals surface area contributed by atoms with Crippen molar-refractivity contribution < 1.29 is 9.21 Å². The Bertz CT molecular complexity index is 1170. The Labute approximate surface area is 173 Å². The lowest BCUT2D eigenvalue weighted by Gasteiger charge is -2.07. The van der Waals surface area contributed by atoms with Crippen LogP contribution in [0.25, 0.3) is 22.6 Å². The number of nitrogens with zero attached hydrogens (tertiary/aromatic N) is 1. The fraction of sp³-hybridized carbons (Fsp3) is 0. The van der Waals surface area contributed by atoms with Gasteiger partial charge in [-0.25, -0.2) is 4.98 Å². The van der Waals surface area contributed by atoms with Crippen molar-refractivity contribution in [1.82, 2.24) is 4.98 Å². The molecule has 0 fully saturated rings. The molecule has 0 unspecified atom stereocenters. The van der Waals surface area contributed by atoms with Gasteiger partial charge in [0.15, 0.2) is 5.58 Å². The average molecular weight is 462 g/mol. The summed E-state index contributed by atoms with van der Waals surface area (Å²) in [4.78, 5) is 17.0. The van der Waals surface area contributed by atoms with Gasteiger partial charge in [-0.1, -0.05) is 45.2 Å². The second-order valence-corrected chi connectivity index (χ2v) is 7.55. The van der Waals surface area contributed by atoms with E-state index in [9.17, 15) is 4.79 Å². The molecule has 4 aromatic rings. The van der Waals surface area contributed by atoms with Gasteiger partial charge in [0.25, 0.3) is 5.91 Å². The fourth-order valence-corrected chi connectivity index (χ4v) is 3.39. The summed E-state index contributed by atoms with van der Waals surface area (Å²) in [5.74, 6) is 0.158. The van der Waals surface area contributed by atoms with Gasteiger partial charge in [-0.05, 0) is 54.6 Å². The Morgan fingerprint density at radius 3 is 2.70 bits per heavy atom. The number of carbonyl (C=O) groups excluding carboxylic acids is 1. The van der Waals surface area contributed by atoms with E-state index >= 15 is 0 Å². The summed E-state index contributed by atoms with van der Waals surface area (Å²) in [6.45, 7) is 0. The molecule has 0 radical (unpaired) electrons. The molecule has 7 heteroatoms. The number of aromatic nitrogens is 1. The number of hydrogen-bond acceptors (Lipinski definition) is 3. The molecule has 0 bridgehead atoms. The summed E-state index contributed by atoms with van der Waals surface area (Å²) in [5, 5.41) is 3.58. The van der Waals surface area contributed by atoms with E-state index in [2.05, 4.69) is 26.2 Å². The lowest BCUT2D eigenvalue weighted by atomic mass is 10.2. The van der Waals surface area contributed by atoms with E-state index in [1.807, 2.05) is 24.3 Å². The molecule has 1 amide bonds. The first-order valence-electron chi connectivity index (χ1n) is 7.92. The maximum absolute atomic E-state index is 12.5. The number of amides is 1. The molecule has 0 atom stereocenters. The number of carbonyl (C=O) groups is 1. The second-order valence-electron chi connectivity index (χ2n) is 5.79. The smallest absolute Gasteiger partial charge is 0.257 e. The highest BCUT2D eigenvalue weighted by atomic mass is 79.9. The van der Waals surface area contributed by atoms with Crippen molar-refractivity contribution in [2.24, 2.45) is 0 Å². The highest BCUT2D eigenvalue weighted by molar-refractivity contribution is 9.10. The third-order valence-electron chi connectivity index (χ3n) is 3.89. The van der Waals surface area contributed by atoms with Crippen molar-refractivity contribution in [3.8, 4) is 11.5 Å². The predicted molar refractivity (Wildman–Crippen MR) is 112 cm³/mol. The summed E-state index contributed by atoms with van der Waals surface area (Å²) < 4.78 is 6.74. The lowest BCUT2D eigenvalue weighted by Crippen LogP contribution is -2.12. The van der Waals surface area contributed by atoms with Crippen LogP contribution >= 0.6 is 39.1 Å². The quantitative estimate of drug-likeness (QED) is 0.364. The van der Waals surface area contributed by atoms with Crippen LogP contribution in [0.3, 0.4) is 0 Å². The van der Waals surface area contributed by atoms with Gasteiger partial charge in [0, 0.05) is 20.7 Å². The van der Waals surface area contributed by atoms with Gasteiger partial charge in [0.05, 0.1) is 10.6 Å². The Balaban J connectivity index is 1.64. The van der Waals surface area contributed by atoms with Crippen LogP contribution in [0.5, 0.6) is 0 Å². The average Bonchev–Trinajstić information content (AvgIpc) is 3.07. The van der Waals surface area contributed by atoms with Crippen LogP contribution in [0, 0.1) is 0 Å². The predicted octanol–water partition coefficient (Wildman–Crippen LogP) is 6.82. The van der Waals surface area contributed by atoms with E-state index in [1.165, 1.54) is 6.07 Å². The van der Waals surface area contributed by atoms with Crippen LogP contribution in [-0.2, 0) is 0 Å². The van der Waals surface area contributed by atoms with Crippen molar-refractivity contribution in [1.29, 1.82) is 0 Å². The first-order chi connectivity index (χ1) is 13.0. The molecule has 0 saturated heterocycles. The maximum Gasteiger partial charge on any atom is 0.257 e. The maximum atomic E-state index is 12.5. The zero-order chi connectivity index (χ0) is 19.0. The molecular weight excluding hydrogens is 451 g/mol. The minimum absolute atomic E-state index is 0.305. The molecular formula is C20H11BrCl2N2O2. The van der Waals surface area contributed by atoms with Gasteiger partial charge in [-0.15, -0.1) is 0 Å². The monoisotopic (exact) mass is 460 g/mol. The van der Waals surface area contributed by atoms with Gasteiger partial charge >= 0.3 is 0 Å². The van der Waals surface area contributed by atoms with Gasteiger partial charge in [-0.2, -0.15) is 0 Å². The van der Waals surface area contributed by atoms with E-state index in [1.54, 1.807) is 30.3 Å². The van der Waals surface area contributed by atoms with Crippen LogP contribution in [-0.4, -0.2) is 10.9 Å². The Morgan fingerprint density at radius 2 is 1.89 bits per heavy atom. The molecule has 0 saturated carbocycles. The molecule has 134 valence electrons. The van der Waals surface area contributed by atoms with Crippen LogP contribution in [0.4, 0.5) is 5.69 Å². The highest BCUT2D eigenvalue weighted by Gasteiger charge is 2.13. The first-order valence-corrected chi connectivity index (χ1v) is 9.47. The minimum Gasteiger partial charge on any atom is -0.436 e. The molecule has 1 aromatic heterocycles. The number of rotatable bonds is 3. The molecule has 4 rings (SSSR count). The highest BCUT2D eigenvalue weighted by Crippen LogP contribution is 2.28. The third kappa shape index (κ3) is 3.86. The zero-order valence-electron chi connectivity index (χ0n) is 13.7. The van der Waals surface area contributed by atoms with Gasteiger partial charge in [0.1, 0.15) is 5.52 Å². The third-order valence-corrected chi connectivity index (χ3v) is 4.95. The van der Waals surface area contributed by atoms with E-state index in [-0.39, 0.29) is 5.91 Å². The molecule has 0 aliphatic heterocycles. The molecule has 0 aliphatic carbocycles. The normalized spacial score (nSPS) is 10.9. The van der Waals surface area contributed by atoms with E-state index < -0.39 is 0 Å². The Kier molecular flexibility index (Phi) is 4.91. The van der Waals surface area contributed by atoms with Crippen LogP contribution in [0.15, 0.2) is 69.6 Å². The number of anilines is 1. The molecule has 1 heterocycles. The van der Waals surface area contributed by atoms with Crippen molar-refractivity contribution in [2.75, 3.05) is 5.32 Å². The number of hydrogen-bond donors (Lipinski definition) is 1. The second kappa shape index (κ2) is 7.35. The van der Waals surface area contributed by atoms with Gasteiger partial charge in [-0.3, -0.25) is 4.79 Å². The summed E-state index contributed by atoms with van der Waals surface area (Å²) in [7, 11) is 0. The van der Waals surface area contributed by atoms with Crippen molar-refractivity contribution in [3.63, 3.8) is 0 Å². The van der Waals surface area contributed by atoms with E-state index in [4.69, 9.17) is 27.6 Å². The van der Waals surface area contributed by atoms with Crippen LogP contribution in [0.1, 0.15) is 10.4 Å². The zero-order valence-corrected chi connectivity index (χ0v) is 16.8. The molecule has 4 nitrogen and oxygen atoms in total. The van der Waals surface area contributed by atoms with E-state index in [0.29, 0.717) is 38.3 Å². The number of halogens is 3. The molecule has 0 spiro atoms. The molecule has 1 N–H and O–H groups in total. The SMILES string of the molecule is O=C(Nc1ccc2oc(-c3cccc(Br)c3)nc2c1)c1cc(Cl)ccc1Cl. The summed E-state index contributed by atoms with van der Waals surface area (Å²) >= 11 is 15.5. The molecule has 27 heavy (non-hydrogen) atoms. The fourth-order valence-electron chi connectivity index (χ4n) is 2.62. The number of nitrogens with one attached hydrogen (secondary N) is 1. The number of benzene rings is 3. The Hall–Kier alpha value is -2.34. The largest absolute Gasteiger partial charge is 0.436 e. The minimum atomic E-state index is -0.349. The first kappa shape index (κ1) is 18.0. The lowest BCUT2D eigenvalue weighted by molar-refractivity contribution is 0.102. The van der Waals surface area contributed by atoms with Crippen LogP contribution < -0.4 is 5.32 Å². The summed E-state index contributed by atoms with van der Waals surface area (Å²) in [6.07, 6.45) is 0. The summed E-state index contributed by atoms with van der Waals surface area (Å²) in [5.41, 5.74) is 3.01. The van der Waals surface area contributed by atoms with Crippen molar-refractivity contribution in [3.05, 3.63) is 80.7 Å². The van der Waals surface area contributed by atoms with Gasteiger partial charge in [0.2, 0.25) is 5.89 Å². The Morgan fingerprint density at radius 1 is 1.04 bits per heavy atom. The summed E-state index contributed by atoms with van der Waals surface area (Å²) in [6, 6.07) is 17.7. The number of oxazole rings is 1. The molecule has 0 aliphatic rings. The number of fused-ring (bicyclic) bond motifs is 1. The standard InChI is InChI=1S/C20H11BrCl2N2O2/c21-12-3-1-2-11(8-12)20-25-17-10-14(5-7-18(17)27-20)24-19(26)15-9-13(22)4-6-16(15)23/h1-10H,(H,24,26). The van der Waals surface area contributed by atoms with Crippen LogP contribution in [0.2, 0.25) is 10.0 Å². The van der Waals surface area contributed by atoms with Crippen molar-refractivity contribution in [2.45, 2.75) is 0 Å².